The number of amides is 6. The van der Waals surface area contributed by atoms with Crippen molar-refractivity contribution in [2.45, 2.75) is 65.2 Å². The third-order valence-electron chi connectivity index (χ3n) is 16.8. The third-order valence-corrected chi connectivity index (χ3v) is 16.8. The first-order chi connectivity index (χ1) is 53.4. The molecule has 0 aliphatic carbocycles. The Hall–Kier alpha value is -14.1. The summed E-state index contributed by atoms with van der Waals surface area (Å²) in [5.74, 6) is -1.26. The lowest BCUT2D eigenvalue weighted by atomic mass is 9.92. The molecule has 13 rings (SSSR count). The molecule has 0 bridgehead atoms. The molecule has 6 amide bonds. The molecule has 26 nitrogen and oxygen atoms in total. The van der Waals surface area contributed by atoms with Crippen LogP contribution in [0.3, 0.4) is 0 Å². The average Bonchev–Trinajstić information content (AvgIpc) is 1.79. The molecule has 111 heavy (non-hydrogen) atoms. The summed E-state index contributed by atoms with van der Waals surface area (Å²) in [6.45, 7) is 4.04. The number of fused-ring (bicyclic) bond motifs is 1. The lowest BCUT2D eigenvalue weighted by Gasteiger charge is -2.13. The van der Waals surface area contributed by atoms with Crippen LogP contribution in [0.25, 0.3) is 100 Å². The van der Waals surface area contributed by atoms with Crippen LogP contribution < -0.4 is 39.3 Å². The number of anilines is 1. The van der Waals surface area contributed by atoms with Crippen LogP contribution in [-0.4, -0.2) is 93.4 Å². The van der Waals surface area contributed by atoms with Gasteiger partial charge >= 0.3 is 32.7 Å². The summed E-state index contributed by atoms with van der Waals surface area (Å²) in [6.07, 6.45) is 21.0. The van der Waals surface area contributed by atoms with Crippen LogP contribution in [0.4, 0.5) is 10.5 Å². The summed E-state index contributed by atoms with van der Waals surface area (Å²) < 4.78 is 45.7. The van der Waals surface area contributed by atoms with Crippen molar-refractivity contribution in [1.29, 1.82) is 9.56 Å². The van der Waals surface area contributed by atoms with E-state index >= 15 is 0 Å². The summed E-state index contributed by atoms with van der Waals surface area (Å²) >= 11 is 0. The van der Waals surface area contributed by atoms with Crippen molar-refractivity contribution in [3.63, 3.8) is 0 Å². The van der Waals surface area contributed by atoms with Gasteiger partial charge in [-0.1, -0.05) is 133 Å². The second kappa shape index (κ2) is 41.7. The maximum atomic E-state index is 11.6. The molecule has 0 spiro atoms. The van der Waals surface area contributed by atoms with Crippen molar-refractivity contribution in [2.75, 3.05) is 12.4 Å². The number of pyridine rings is 4. The number of aromatic amines is 2. The lowest BCUT2D eigenvalue weighted by Crippen LogP contribution is -2.24. The van der Waals surface area contributed by atoms with Crippen LogP contribution in [0.1, 0.15) is 59.2 Å². The van der Waals surface area contributed by atoms with Crippen molar-refractivity contribution in [3.05, 3.63) is 294 Å². The van der Waals surface area contributed by atoms with Gasteiger partial charge in [-0.15, -0.1) is 0 Å². The first-order valence-electron chi connectivity index (χ1n) is 34.4. The number of primary amides is 4. The van der Waals surface area contributed by atoms with Crippen LogP contribution in [0.15, 0.2) is 255 Å². The first kappa shape index (κ1) is 82.5. The molecule has 0 aliphatic rings. The SMILES string of the molecule is CNC(=O)Nc1cccc(-c2ccc(-c3cccnc3)cc2CCC(N)=O)c1.Cc1cc(-c2ccc(-c3cnccn3)cc2CCC(N)=O)ccn1.Cc1cccc(-c2ccc(-c3cccnc3)cc2CCC(N)=O)c1.N=S(=O)=O.N=S(=O)=O.NC(=O)CCc1cc(-c2cccnc2)ccc1-c1ccc2[nH]c(=O)[nH]c2c1. The van der Waals surface area contributed by atoms with Crippen molar-refractivity contribution >= 4 is 67.4 Å². The van der Waals surface area contributed by atoms with E-state index in [0.29, 0.717) is 44.2 Å². The smallest absolute Gasteiger partial charge is 0.323 e. The molecule has 14 N–H and O–H groups in total. The number of nitrogens with one attached hydrogen (secondary N) is 6. The fraction of sp³-hybridized carbons (Fsp3) is 0.133. The zero-order chi connectivity index (χ0) is 79.8. The van der Waals surface area contributed by atoms with E-state index in [1.54, 1.807) is 56.6 Å². The predicted molar refractivity (Wildman–Crippen MR) is 429 cm³/mol. The largest absolute Gasteiger partial charge is 0.370 e. The zero-order valence-electron chi connectivity index (χ0n) is 60.7. The normalized spacial score (nSPS) is 10.3. The number of imidazole rings is 1. The second-order valence-corrected chi connectivity index (χ2v) is 25.8. The number of benzene rings is 7. The fourth-order valence-corrected chi connectivity index (χ4v) is 11.8. The highest BCUT2D eigenvalue weighted by atomic mass is 32.2. The number of nitrogens with two attached hydrogens (primary N) is 4. The van der Waals surface area contributed by atoms with Gasteiger partial charge in [0.1, 0.15) is 0 Å². The van der Waals surface area contributed by atoms with Crippen LogP contribution in [0.5, 0.6) is 0 Å². The average molecular weight is 1530 g/mol. The maximum Gasteiger partial charge on any atom is 0.323 e. The van der Waals surface area contributed by atoms with Gasteiger partial charge in [-0.3, -0.25) is 49.1 Å². The highest BCUT2D eigenvalue weighted by Crippen LogP contribution is 2.35. The summed E-state index contributed by atoms with van der Waals surface area (Å²) in [6, 6.07) is 61.9. The summed E-state index contributed by atoms with van der Waals surface area (Å²) in [5.41, 5.74) is 46.1. The summed E-state index contributed by atoms with van der Waals surface area (Å²) in [4.78, 5) is 99.0. The van der Waals surface area contributed by atoms with Crippen molar-refractivity contribution in [2.24, 2.45) is 22.9 Å². The van der Waals surface area contributed by atoms with Gasteiger partial charge in [0.25, 0.3) is 0 Å². The molecule has 0 fully saturated rings. The van der Waals surface area contributed by atoms with E-state index in [0.717, 1.165) is 128 Å². The highest BCUT2D eigenvalue weighted by molar-refractivity contribution is 7.60. The van der Waals surface area contributed by atoms with Gasteiger partial charge in [0.2, 0.25) is 23.6 Å². The fourth-order valence-electron chi connectivity index (χ4n) is 11.8. The first-order valence-corrected chi connectivity index (χ1v) is 36.6. The molecule has 0 saturated carbocycles. The van der Waals surface area contributed by atoms with E-state index in [1.165, 1.54) is 5.56 Å². The molecule has 6 aromatic heterocycles. The van der Waals surface area contributed by atoms with Gasteiger partial charge in [0, 0.05) is 105 Å². The van der Waals surface area contributed by atoms with Crippen LogP contribution >= 0.6 is 0 Å². The van der Waals surface area contributed by atoms with Crippen molar-refractivity contribution in [1.82, 2.24) is 45.2 Å². The van der Waals surface area contributed by atoms with Gasteiger partial charge in [0.05, 0.1) is 22.9 Å². The number of hydrogen-bond acceptors (Lipinski definition) is 18. The molecule has 564 valence electrons. The monoisotopic (exact) mass is 1520 g/mol. The number of urea groups is 1. The second-order valence-electron chi connectivity index (χ2n) is 24.8. The molecule has 28 heteroatoms. The van der Waals surface area contributed by atoms with Crippen LogP contribution in [-0.2, 0) is 65.9 Å². The number of aryl methyl sites for hydroxylation is 6. The Kier molecular flexibility index (Phi) is 31.0. The Morgan fingerprint density at radius 3 is 1.18 bits per heavy atom. The summed E-state index contributed by atoms with van der Waals surface area (Å²) in [7, 11) is -3.65. The molecular weight excluding hydrogens is 1450 g/mol. The molecule has 0 atom stereocenters. The van der Waals surface area contributed by atoms with Gasteiger partial charge in [-0.25, -0.2) is 9.59 Å². The maximum absolute atomic E-state index is 11.6. The molecular formula is C83H80N16O10S2. The van der Waals surface area contributed by atoms with Gasteiger partial charge in [-0.2, -0.15) is 26.4 Å². The lowest BCUT2D eigenvalue weighted by molar-refractivity contribution is -0.118. The number of rotatable bonds is 21. The number of aromatic nitrogens is 8. The van der Waals surface area contributed by atoms with Gasteiger partial charge in [-0.05, 0) is 200 Å². The Morgan fingerprint density at radius 2 is 0.775 bits per heavy atom. The minimum Gasteiger partial charge on any atom is -0.370 e. The number of nitrogens with zero attached hydrogens (tertiary/aromatic N) is 6. The molecule has 0 unspecified atom stereocenters. The number of hydrogen-bond donors (Lipinski definition) is 10. The van der Waals surface area contributed by atoms with Gasteiger partial charge in [0.15, 0.2) is 0 Å². The quantitative estimate of drug-likeness (QED) is 0.0319. The molecule has 6 heterocycles. The number of carbonyl (C=O) groups excluding carboxylic acids is 5. The van der Waals surface area contributed by atoms with E-state index in [4.69, 9.17) is 49.3 Å². The Bertz CT molecular complexity index is 5520. The summed E-state index contributed by atoms with van der Waals surface area (Å²) in [5, 5.41) is 5.31. The number of carbonyl (C=O) groups is 5. The molecule has 13 aromatic rings. The predicted octanol–water partition coefficient (Wildman–Crippen LogP) is 12.9. The van der Waals surface area contributed by atoms with E-state index in [9.17, 15) is 28.8 Å². The topological polar surface area (TPSA) is 455 Å². The zero-order valence-corrected chi connectivity index (χ0v) is 62.4. The standard InChI is InChI=1S/C22H22N4O2.C21H18N4O2.C21H20N2O.C19H18N4O.2HNO2S/c1-24-22(28)26-19-6-2-4-16(13-19)20-9-7-15(18-5-3-11-25-14-18)12-17(20)8-10-21(23)27;22-20(26)8-5-14-10-13(16-2-1-9-23-12-16)3-6-17(14)15-4-7-18-19(11-15)25-21(27)24-18;1-15-4-2-5-17(12-15)20-9-7-16(19-6-3-11-23-14-19)13-18(20)8-10-21(22)24;1-13-10-15(6-7-22-13)17-4-2-16(18-12-21-8-9-23-18)11-14(17)3-5-19(20)24;2*1-4(2)3/h2-7,9,11-14H,8,10H2,1H3,(H2,23,27)(H2,24,26,28);1-4,6-7,9-12H,5,8H2,(H2,22,26)(H2,24,25,27);2-7,9,11-14H,8,10H2,1H3,(H2,22,24);2,4,6-12H,3,5H2,1H3,(H2,20,24);2*1H. The van der Waals surface area contributed by atoms with Crippen molar-refractivity contribution < 1.29 is 40.8 Å². The van der Waals surface area contributed by atoms with E-state index in [-0.39, 0.29) is 48.2 Å². The van der Waals surface area contributed by atoms with Crippen LogP contribution in [0, 0.1) is 23.4 Å². The molecule has 7 aromatic carbocycles. The Labute approximate surface area is 643 Å². The molecule has 0 aliphatic heterocycles. The van der Waals surface area contributed by atoms with E-state index < -0.39 is 21.0 Å². The molecule has 0 saturated heterocycles. The Balaban J connectivity index is 0.000000180. The minimum atomic E-state index is -2.61. The van der Waals surface area contributed by atoms with E-state index in [2.05, 4.69) is 124 Å². The van der Waals surface area contributed by atoms with Crippen molar-refractivity contribution in [3.8, 4) is 89.1 Å². The molecule has 0 radical (unpaired) electrons. The third kappa shape index (κ3) is 26.4. The number of H-pyrrole nitrogens is 2. The highest BCUT2D eigenvalue weighted by Gasteiger charge is 2.16. The van der Waals surface area contributed by atoms with Crippen LogP contribution in [0.2, 0.25) is 0 Å². The van der Waals surface area contributed by atoms with Gasteiger partial charge < -0.3 is 43.5 Å². The van der Waals surface area contributed by atoms with E-state index in [1.807, 2.05) is 141 Å². The minimum absolute atomic E-state index is 0.233. The Morgan fingerprint density at radius 1 is 0.387 bits per heavy atom.